The van der Waals surface area contributed by atoms with Gasteiger partial charge in [0.05, 0.1) is 11.1 Å². The first-order chi connectivity index (χ1) is 15.2. The largest absolute Gasteiger partial charge is 0.385 e. The fourth-order valence-corrected chi connectivity index (χ4v) is 3.30. The summed E-state index contributed by atoms with van der Waals surface area (Å²) in [5.41, 5.74) is 3.42. The third-order valence-corrected chi connectivity index (χ3v) is 5.10. The van der Waals surface area contributed by atoms with E-state index in [1.807, 2.05) is 0 Å². The molecule has 0 saturated carbocycles. The molecule has 8 nitrogen and oxygen atoms in total. The van der Waals surface area contributed by atoms with Gasteiger partial charge in [-0.3, -0.25) is 9.59 Å². The van der Waals surface area contributed by atoms with Crippen molar-refractivity contribution in [3.8, 4) is 23.2 Å². The third kappa shape index (κ3) is 4.74. The molecule has 0 aliphatic carbocycles. The van der Waals surface area contributed by atoms with E-state index in [0.717, 1.165) is 6.07 Å². The minimum Gasteiger partial charge on any atom is -0.385 e. The van der Waals surface area contributed by atoms with Crippen molar-refractivity contribution in [2.75, 3.05) is 27.3 Å². The van der Waals surface area contributed by atoms with Crippen molar-refractivity contribution in [3.05, 3.63) is 46.8 Å². The highest BCUT2D eigenvalue weighted by Gasteiger charge is 2.42. The Hall–Kier alpha value is -3.42. The minimum absolute atomic E-state index is 0.0701. The van der Waals surface area contributed by atoms with Gasteiger partial charge in [-0.05, 0) is 18.9 Å². The summed E-state index contributed by atoms with van der Waals surface area (Å²) in [5.74, 6) is 1.28. The van der Waals surface area contributed by atoms with Gasteiger partial charge < -0.3 is 20.5 Å². The number of nitrogens with zero attached hydrogens (tertiary/aromatic N) is 3. The second-order valence-corrected chi connectivity index (χ2v) is 7.43. The van der Waals surface area contributed by atoms with Gasteiger partial charge in [0.2, 0.25) is 5.60 Å². The van der Waals surface area contributed by atoms with Gasteiger partial charge in [-0.25, -0.2) is 18.7 Å². The van der Waals surface area contributed by atoms with Crippen LogP contribution < -0.4 is 5.73 Å². The first-order valence-electron chi connectivity index (χ1n) is 9.81. The molecule has 3 N–H and O–H groups in total. The summed E-state index contributed by atoms with van der Waals surface area (Å²) >= 11 is 0. The second-order valence-electron chi connectivity index (χ2n) is 7.43. The van der Waals surface area contributed by atoms with Crippen molar-refractivity contribution in [3.63, 3.8) is 0 Å². The number of rotatable bonds is 6. The summed E-state index contributed by atoms with van der Waals surface area (Å²) in [7, 11) is 3.07. The zero-order valence-electron chi connectivity index (χ0n) is 17.6. The molecule has 1 atom stereocenters. The molecule has 1 saturated heterocycles. The molecule has 0 unspecified atom stereocenters. The normalized spacial score (nSPS) is 17.9. The van der Waals surface area contributed by atoms with Gasteiger partial charge in [-0.2, -0.15) is 0 Å². The maximum absolute atomic E-state index is 14.5. The Balaban J connectivity index is 1.99. The number of carbonyl (C=O) groups excluding carboxylic acids is 2. The molecule has 3 rings (SSSR count). The molecule has 0 bridgehead atoms. The number of primary amides is 1. The molecule has 32 heavy (non-hydrogen) atoms. The number of methoxy groups -OCH3 is 1. The highest BCUT2D eigenvalue weighted by Crippen LogP contribution is 2.25. The summed E-state index contributed by atoms with van der Waals surface area (Å²) in [5, 5.41) is 10.4. The number of likely N-dealkylation sites (N-methyl/N-ethyl adjacent to an activating group) is 1. The lowest BCUT2D eigenvalue weighted by molar-refractivity contribution is -0.137. The predicted molar refractivity (Wildman–Crippen MR) is 110 cm³/mol. The van der Waals surface area contributed by atoms with E-state index in [2.05, 4.69) is 21.8 Å². The van der Waals surface area contributed by atoms with Gasteiger partial charge in [0.15, 0.2) is 5.82 Å². The van der Waals surface area contributed by atoms with E-state index in [1.54, 1.807) is 7.11 Å². The number of aromatic nitrogens is 2. The Kier molecular flexibility index (Phi) is 6.81. The van der Waals surface area contributed by atoms with Crippen LogP contribution in [-0.4, -0.2) is 64.7 Å². The predicted octanol–water partition coefficient (Wildman–Crippen LogP) is 1.04. The molecule has 2 heterocycles. The number of halogens is 2. The number of benzene rings is 1. The van der Waals surface area contributed by atoms with Crippen LogP contribution in [0.2, 0.25) is 0 Å². The number of aryl methyl sites for hydroxylation is 1. The van der Waals surface area contributed by atoms with Crippen LogP contribution in [0.5, 0.6) is 0 Å². The Labute approximate surface area is 183 Å². The van der Waals surface area contributed by atoms with E-state index in [9.17, 15) is 23.5 Å². The average Bonchev–Trinajstić information content (AvgIpc) is 3.01. The molecular formula is C22H22F2N4O4. The number of likely N-dealkylation sites (tertiary alicyclic amines) is 1. The van der Waals surface area contributed by atoms with Crippen LogP contribution in [0.3, 0.4) is 0 Å². The Morgan fingerprint density at radius 1 is 1.38 bits per heavy atom. The number of hydrogen-bond donors (Lipinski definition) is 2. The van der Waals surface area contributed by atoms with E-state index in [4.69, 9.17) is 10.5 Å². The molecule has 2 aromatic rings. The van der Waals surface area contributed by atoms with Crippen molar-refractivity contribution in [2.45, 2.75) is 24.9 Å². The van der Waals surface area contributed by atoms with Gasteiger partial charge >= 0.3 is 0 Å². The molecule has 0 radical (unpaired) electrons. The van der Waals surface area contributed by atoms with Crippen molar-refractivity contribution in [2.24, 2.45) is 5.73 Å². The van der Waals surface area contributed by atoms with E-state index in [0.29, 0.717) is 37.6 Å². The molecule has 2 amide bonds. The summed E-state index contributed by atoms with van der Waals surface area (Å²) < 4.78 is 33.8. The van der Waals surface area contributed by atoms with Gasteiger partial charge in [0.1, 0.15) is 17.3 Å². The summed E-state index contributed by atoms with van der Waals surface area (Å²) in [6, 6.07) is 1.67. The Bertz CT molecular complexity index is 1130. The van der Waals surface area contributed by atoms with Crippen LogP contribution in [0.1, 0.15) is 34.5 Å². The van der Waals surface area contributed by atoms with Gasteiger partial charge in [0, 0.05) is 51.6 Å². The lowest BCUT2D eigenvalue weighted by atomic mass is 10.0. The van der Waals surface area contributed by atoms with Crippen molar-refractivity contribution < 1.29 is 28.2 Å². The standard InChI is InChI=1S/C22H22F2N4O4/c1-28-8-7-22(31,21(28)30)6-5-13-10-15(17(24)11-16(13)23)20-26-12-14(4-3-9-32-2)18(27-20)19(25)29/h10-12,31H,3-4,7-9H2,1-2H3,(H2,25,29)/t22-/m0/s1. The Morgan fingerprint density at radius 2 is 2.12 bits per heavy atom. The molecule has 1 aromatic heterocycles. The van der Waals surface area contributed by atoms with Crippen LogP contribution in [0.25, 0.3) is 11.4 Å². The monoisotopic (exact) mass is 444 g/mol. The molecular weight excluding hydrogens is 422 g/mol. The highest BCUT2D eigenvalue weighted by molar-refractivity contribution is 5.92. The van der Waals surface area contributed by atoms with Crippen LogP contribution in [0.15, 0.2) is 18.3 Å². The molecule has 1 fully saturated rings. The fraction of sp³-hybridized carbons (Fsp3) is 0.364. The van der Waals surface area contributed by atoms with E-state index < -0.39 is 29.0 Å². The third-order valence-electron chi connectivity index (χ3n) is 5.10. The van der Waals surface area contributed by atoms with Crippen molar-refractivity contribution in [1.82, 2.24) is 14.9 Å². The maximum atomic E-state index is 14.5. The molecule has 1 aromatic carbocycles. The van der Waals surface area contributed by atoms with Crippen LogP contribution in [0, 0.1) is 23.5 Å². The number of nitrogens with two attached hydrogens (primary N) is 1. The number of hydrogen-bond acceptors (Lipinski definition) is 6. The second kappa shape index (κ2) is 9.38. The molecule has 10 heteroatoms. The van der Waals surface area contributed by atoms with E-state index >= 15 is 0 Å². The van der Waals surface area contributed by atoms with E-state index in [1.165, 1.54) is 18.1 Å². The number of carbonyl (C=O) groups is 2. The van der Waals surface area contributed by atoms with Crippen LogP contribution in [-0.2, 0) is 16.0 Å². The topological polar surface area (TPSA) is 119 Å². The first-order valence-corrected chi connectivity index (χ1v) is 9.81. The smallest absolute Gasteiger partial charge is 0.267 e. The number of amides is 2. The lowest BCUT2D eigenvalue weighted by Gasteiger charge is -2.13. The summed E-state index contributed by atoms with van der Waals surface area (Å²) in [6.45, 7) is 0.765. The van der Waals surface area contributed by atoms with Crippen LogP contribution >= 0.6 is 0 Å². The minimum atomic E-state index is -1.94. The SMILES string of the molecule is COCCCc1cnc(-c2cc(C#C[C@]3(O)CCN(C)C3=O)c(F)cc2F)nc1C(N)=O. The number of aliphatic hydroxyl groups is 1. The van der Waals surface area contributed by atoms with Crippen molar-refractivity contribution in [1.29, 1.82) is 0 Å². The molecule has 1 aliphatic heterocycles. The first kappa shape index (κ1) is 23.2. The lowest BCUT2D eigenvalue weighted by Crippen LogP contribution is -2.37. The van der Waals surface area contributed by atoms with Crippen molar-refractivity contribution >= 4 is 11.8 Å². The van der Waals surface area contributed by atoms with Gasteiger partial charge in [-0.1, -0.05) is 11.8 Å². The van der Waals surface area contributed by atoms with E-state index in [-0.39, 0.29) is 29.1 Å². The fourth-order valence-electron chi connectivity index (χ4n) is 3.30. The quantitative estimate of drug-likeness (QED) is 0.508. The molecule has 1 aliphatic rings. The average molecular weight is 444 g/mol. The maximum Gasteiger partial charge on any atom is 0.267 e. The number of ether oxygens (including phenoxy) is 1. The molecule has 168 valence electrons. The highest BCUT2D eigenvalue weighted by atomic mass is 19.1. The molecule has 0 spiro atoms. The van der Waals surface area contributed by atoms with Gasteiger partial charge in [0.25, 0.3) is 11.8 Å². The summed E-state index contributed by atoms with van der Waals surface area (Å²) in [4.78, 5) is 33.4. The van der Waals surface area contributed by atoms with Crippen LogP contribution in [0.4, 0.5) is 8.78 Å². The summed E-state index contributed by atoms with van der Waals surface area (Å²) in [6.07, 6.45) is 2.46. The van der Waals surface area contributed by atoms with Gasteiger partial charge in [-0.15, -0.1) is 0 Å². The Morgan fingerprint density at radius 3 is 2.75 bits per heavy atom. The zero-order chi connectivity index (χ0) is 23.5. The zero-order valence-corrected chi connectivity index (χ0v) is 17.6.